The van der Waals surface area contributed by atoms with Crippen LogP contribution in [0.3, 0.4) is 0 Å². The minimum atomic E-state index is -0.701. The van der Waals surface area contributed by atoms with Gasteiger partial charge in [0.1, 0.15) is 0 Å². The highest BCUT2D eigenvalue weighted by atomic mass is 32.2. The number of hydrogen-bond acceptors (Lipinski definition) is 2. The van der Waals surface area contributed by atoms with Gasteiger partial charge in [-0.15, -0.1) is 0 Å². The summed E-state index contributed by atoms with van der Waals surface area (Å²) in [5.74, 6) is 1.60. The second kappa shape index (κ2) is 5.59. The number of hydrogen-bond donors (Lipinski definition) is 1. The third-order valence-electron chi connectivity index (χ3n) is 1.17. The normalized spacial score (nSPS) is 16.2. The lowest BCUT2D eigenvalue weighted by Crippen LogP contribution is -2.10. The molecule has 0 heterocycles. The van der Waals surface area contributed by atoms with Crippen LogP contribution in [0.25, 0.3) is 0 Å². The molecule has 0 saturated carbocycles. The fraction of sp³-hybridized carbons (Fsp3) is 0.857. The first-order valence-corrected chi connectivity index (χ1v) is 5.05. The van der Waals surface area contributed by atoms with Crippen molar-refractivity contribution < 1.29 is 4.21 Å². The van der Waals surface area contributed by atoms with Gasteiger partial charge in [-0.3, -0.25) is 4.21 Å². The zero-order chi connectivity index (χ0) is 7.98. The Hall–Kier alpha value is -0.180. The molecule has 2 atom stereocenters. The summed E-state index contributed by atoms with van der Waals surface area (Å²) in [5, 5.41) is 6.87. The minimum absolute atomic E-state index is 0.174. The van der Waals surface area contributed by atoms with Gasteiger partial charge in [0.05, 0.1) is 0 Å². The van der Waals surface area contributed by atoms with Crippen LogP contribution < -0.4 is 0 Å². The molecule has 0 aromatic carbocycles. The molecule has 0 saturated heterocycles. The first-order valence-electron chi connectivity index (χ1n) is 3.56. The molecule has 0 fully saturated rings. The van der Waals surface area contributed by atoms with Crippen LogP contribution in [0.2, 0.25) is 0 Å². The highest BCUT2D eigenvalue weighted by Gasteiger charge is 2.02. The zero-order valence-electron chi connectivity index (χ0n) is 6.59. The summed E-state index contributed by atoms with van der Waals surface area (Å²) in [6, 6.07) is 0. The first kappa shape index (κ1) is 9.82. The van der Waals surface area contributed by atoms with E-state index in [0.29, 0.717) is 5.75 Å². The Bertz CT molecular complexity index is 125. The van der Waals surface area contributed by atoms with Gasteiger partial charge in [0.2, 0.25) is 0 Å². The summed E-state index contributed by atoms with van der Waals surface area (Å²) in [5.41, 5.74) is 0. The van der Waals surface area contributed by atoms with E-state index in [1.807, 2.05) is 13.8 Å². The van der Waals surface area contributed by atoms with E-state index in [-0.39, 0.29) is 5.92 Å². The van der Waals surface area contributed by atoms with Crippen LogP contribution in [0.15, 0.2) is 0 Å². The van der Waals surface area contributed by atoms with E-state index in [9.17, 15) is 4.21 Å². The number of nitrogens with one attached hydrogen (secondary N) is 1. The lowest BCUT2D eigenvalue weighted by Gasteiger charge is -2.02. The maximum absolute atomic E-state index is 11.0. The monoisotopic (exact) mass is 161 g/mol. The smallest absolute Gasteiger partial charge is 0.0309 e. The third-order valence-corrected chi connectivity index (χ3v) is 2.93. The van der Waals surface area contributed by atoms with Crippen molar-refractivity contribution >= 4 is 17.0 Å². The molecule has 0 amide bonds. The fourth-order valence-corrected chi connectivity index (χ4v) is 1.96. The molecule has 0 aromatic rings. The van der Waals surface area contributed by atoms with Crippen LogP contribution in [0.4, 0.5) is 0 Å². The van der Waals surface area contributed by atoms with Crippen LogP contribution >= 0.6 is 0 Å². The van der Waals surface area contributed by atoms with Crippen LogP contribution in [0.1, 0.15) is 20.3 Å². The van der Waals surface area contributed by atoms with Crippen molar-refractivity contribution in [2.75, 3.05) is 11.5 Å². The van der Waals surface area contributed by atoms with Crippen LogP contribution in [-0.2, 0) is 10.8 Å². The molecule has 10 heavy (non-hydrogen) atoms. The highest BCUT2D eigenvalue weighted by Crippen LogP contribution is 1.95. The highest BCUT2D eigenvalue weighted by molar-refractivity contribution is 7.85. The zero-order valence-corrected chi connectivity index (χ0v) is 7.41. The maximum atomic E-state index is 11.0. The first-order chi connectivity index (χ1) is 4.70. The molecule has 2 unspecified atom stereocenters. The summed E-state index contributed by atoms with van der Waals surface area (Å²) in [4.78, 5) is 0. The molecule has 1 N–H and O–H groups in total. The molecule has 0 aromatic heterocycles. The molecule has 0 aliphatic rings. The second-order valence-electron chi connectivity index (χ2n) is 2.45. The van der Waals surface area contributed by atoms with E-state index in [4.69, 9.17) is 5.41 Å². The Morgan fingerprint density at radius 2 is 2.30 bits per heavy atom. The third kappa shape index (κ3) is 4.68. The topological polar surface area (TPSA) is 40.9 Å². The summed E-state index contributed by atoms with van der Waals surface area (Å²) >= 11 is 0. The van der Waals surface area contributed by atoms with Gasteiger partial charge in [0.25, 0.3) is 0 Å². The van der Waals surface area contributed by atoms with Gasteiger partial charge in [0.15, 0.2) is 0 Å². The predicted molar refractivity (Wildman–Crippen MR) is 46.1 cm³/mol. The van der Waals surface area contributed by atoms with Crippen molar-refractivity contribution in [1.82, 2.24) is 0 Å². The SMILES string of the molecule is CCCS(=O)CC(C)C=N. The quantitative estimate of drug-likeness (QED) is 0.609. The van der Waals surface area contributed by atoms with E-state index in [1.54, 1.807) is 0 Å². The van der Waals surface area contributed by atoms with E-state index in [1.165, 1.54) is 6.21 Å². The average molecular weight is 161 g/mol. The fourth-order valence-electron chi connectivity index (χ4n) is 0.652. The van der Waals surface area contributed by atoms with Crippen LogP contribution in [-0.4, -0.2) is 21.9 Å². The largest absolute Gasteiger partial charge is 0.313 e. The Kier molecular flexibility index (Phi) is 5.49. The standard InChI is InChI=1S/C7H15NOS/c1-3-4-10(9)6-7(2)5-8/h5,7-8H,3-4,6H2,1-2H3. The Morgan fingerprint density at radius 1 is 1.70 bits per heavy atom. The molecule has 0 spiro atoms. The molecule has 2 nitrogen and oxygen atoms in total. The van der Waals surface area contributed by atoms with Gasteiger partial charge in [-0.25, -0.2) is 0 Å². The summed E-state index contributed by atoms with van der Waals surface area (Å²) < 4.78 is 11.0. The molecule has 60 valence electrons. The molecule has 0 aliphatic heterocycles. The van der Waals surface area contributed by atoms with Gasteiger partial charge in [-0.2, -0.15) is 0 Å². The average Bonchev–Trinajstić information content (AvgIpc) is 1.88. The maximum Gasteiger partial charge on any atom is 0.0309 e. The van der Waals surface area contributed by atoms with E-state index in [0.717, 1.165) is 12.2 Å². The predicted octanol–water partition coefficient (Wildman–Crippen LogP) is 1.43. The summed E-state index contributed by atoms with van der Waals surface area (Å²) in [7, 11) is -0.701. The van der Waals surface area contributed by atoms with Crippen molar-refractivity contribution in [3.8, 4) is 0 Å². The lowest BCUT2D eigenvalue weighted by atomic mass is 10.2. The Labute approximate surface area is 65.0 Å². The molecular formula is C7H15NOS. The molecular weight excluding hydrogens is 146 g/mol. The van der Waals surface area contributed by atoms with Gasteiger partial charge in [0, 0.05) is 28.2 Å². The molecule has 3 heteroatoms. The van der Waals surface area contributed by atoms with Crippen LogP contribution in [0, 0.1) is 11.3 Å². The van der Waals surface area contributed by atoms with Crippen molar-refractivity contribution in [3.05, 3.63) is 0 Å². The number of rotatable bonds is 5. The summed E-state index contributed by atoms with van der Waals surface area (Å²) in [6.45, 7) is 3.94. The van der Waals surface area contributed by atoms with Crippen LogP contribution in [0.5, 0.6) is 0 Å². The van der Waals surface area contributed by atoms with Gasteiger partial charge in [-0.1, -0.05) is 13.8 Å². The van der Waals surface area contributed by atoms with E-state index >= 15 is 0 Å². The molecule has 0 rings (SSSR count). The molecule has 0 aliphatic carbocycles. The van der Waals surface area contributed by atoms with Gasteiger partial charge < -0.3 is 5.41 Å². The van der Waals surface area contributed by atoms with Crippen molar-refractivity contribution in [2.45, 2.75) is 20.3 Å². The minimum Gasteiger partial charge on any atom is -0.313 e. The molecule has 0 bridgehead atoms. The van der Waals surface area contributed by atoms with Gasteiger partial charge >= 0.3 is 0 Å². The summed E-state index contributed by atoms with van der Waals surface area (Å²) in [6.07, 6.45) is 2.32. The Balaban J connectivity index is 3.46. The van der Waals surface area contributed by atoms with Crippen molar-refractivity contribution in [2.24, 2.45) is 5.92 Å². The van der Waals surface area contributed by atoms with Crippen molar-refractivity contribution in [1.29, 1.82) is 5.41 Å². The van der Waals surface area contributed by atoms with Gasteiger partial charge in [-0.05, 0) is 12.6 Å². The van der Waals surface area contributed by atoms with E-state index in [2.05, 4.69) is 0 Å². The van der Waals surface area contributed by atoms with Crippen molar-refractivity contribution in [3.63, 3.8) is 0 Å². The lowest BCUT2D eigenvalue weighted by molar-refractivity contribution is 0.677. The van der Waals surface area contributed by atoms with E-state index < -0.39 is 10.8 Å². The Morgan fingerprint density at radius 3 is 2.70 bits per heavy atom. The molecule has 0 radical (unpaired) electrons. The second-order valence-corrected chi connectivity index (χ2v) is 4.08.